The molecule has 20 heavy (non-hydrogen) atoms. The number of carbonyl (C=O) groups is 1. The number of nitrogens with zero attached hydrogens (tertiary/aromatic N) is 1. The second-order valence-electron chi connectivity index (χ2n) is 5.45. The van der Waals surface area contributed by atoms with E-state index in [-0.39, 0.29) is 5.91 Å². The summed E-state index contributed by atoms with van der Waals surface area (Å²) in [5.74, 6) is 2.18. The van der Waals surface area contributed by atoms with E-state index in [9.17, 15) is 4.79 Å². The van der Waals surface area contributed by atoms with Crippen molar-refractivity contribution in [3.05, 3.63) is 24.3 Å². The molecule has 1 aliphatic heterocycles. The molecule has 0 aliphatic carbocycles. The highest BCUT2D eigenvalue weighted by Gasteiger charge is 2.25. The van der Waals surface area contributed by atoms with Crippen LogP contribution >= 0.6 is 0 Å². The molecule has 1 aromatic carbocycles. The summed E-state index contributed by atoms with van der Waals surface area (Å²) in [5, 5.41) is 0. The second-order valence-corrected chi connectivity index (χ2v) is 5.45. The van der Waals surface area contributed by atoms with Crippen LogP contribution in [0.1, 0.15) is 26.7 Å². The van der Waals surface area contributed by atoms with E-state index in [0.717, 1.165) is 31.7 Å². The highest BCUT2D eigenvalue weighted by Crippen LogP contribution is 2.21. The topological polar surface area (TPSA) is 38.8 Å². The number of amides is 1. The van der Waals surface area contributed by atoms with E-state index in [1.165, 1.54) is 0 Å². The Kier molecular flexibility index (Phi) is 4.88. The van der Waals surface area contributed by atoms with Gasteiger partial charge in [0.2, 0.25) is 0 Å². The molecular weight excluding hydrogens is 254 g/mol. The van der Waals surface area contributed by atoms with E-state index < -0.39 is 6.10 Å². The van der Waals surface area contributed by atoms with Crippen molar-refractivity contribution in [1.82, 2.24) is 4.90 Å². The zero-order chi connectivity index (χ0) is 14.5. The van der Waals surface area contributed by atoms with Gasteiger partial charge in [-0.2, -0.15) is 0 Å². The first-order valence-corrected chi connectivity index (χ1v) is 7.19. The number of methoxy groups -OCH3 is 1. The van der Waals surface area contributed by atoms with E-state index in [2.05, 4.69) is 6.92 Å². The Labute approximate surface area is 120 Å². The normalized spacial score (nSPS) is 17.6. The average Bonchev–Trinajstić information content (AvgIpc) is 2.47. The van der Waals surface area contributed by atoms with E-state index in [4.69, 9.17) is 9.47 Å². The van der Waals surface area contributed by atoms with E-state index in [0.29, 0.717) is 11.7 Å². The first kappa shape index (κ1) is 14.7. The minimum atomic E-state index is -0.462. The molecule has 1 aromatic rings. The number of benzene rings is 1. The minimum Gasteiger partial charge on any atom is -0.497 e. The van der Waals surface area contributed by atoms with Crippen LogP contribution in [0.3, 0.4) is 0 Å². The van der Waals surface area contributed by atoms with Crippen LogP contribution in [-0.4, -0.2) is 37.1 Å². The maximum Gasteiger partial charge on any atom is 0.263 e. The first-order chi connectivity index (χ1) is 9.60. The van der Waals surface area contributed by atoms with E-state index in [1.54, 1.807) is 20.1 Å². The standard InChI is InChI=1S/C16H23NO3/c1-12-7-9-17(10-8-12)16(18)13(2)20-15-6-4-5-14(11-15)19-3/h4-6,11-13H,7-10H2,1-3H3/t13-/m0/s1. The molecule has 1 saturated heterocycles. The van der Waals surface area contributed by atoms with Crippen molar-refractivity contribution in [2.45, 2.75) is 32.8 Å². The monoisotopic (exact) mass is 277 g/mol. The van der Waals surface area contributed by atoms with Crippen molar-refractivity contribution >= 4 is 5.91 Å². The van der Waals surface area contributed by atoms with Crippen molar-refractivity contribution in [2.24, 2.45) is 5.92 Å². The molecular formula is C16H23NO3. The van der Waals surface area contributed by atoms with Crippen LogP contribution in [0, 0.1) is 5.92 Å². The Hall–Kier alpha value is -1.71. The van der Waals surface area contributed by atoms with Gasteiger partial charge in [0.15, 0.2) is 6.10 Å². The third-order valence-corrected chi connectivity index (χ3v) is 3.80. The number of carbonyl (C=O) groups excluding carboxylic acids is 1. The Morgan fingerprint density at radius 2 is 1.95 bits per heavy atom. The van der Waals surface area contributed by atoms with Crippen molar-refractivity contribution in [2.75, 3.05) is 20.2 Å². The molecule has 0 radical (unpaired) electrons. The third-order valence-electron chi connectivity index (χ3n) is 3.80. The van der Waals surface area contributed by atoms with Gasteiger partial charge in [-0.05, 0) is 37.8 Å². The van der Waals surface area contributed by atoms with Crippen LogP contribution in [-0.2, 0) is 4.79 Å². The number of hydrogen-bond donors (Lipinski definition) is 0. The molecule has 0 spiro atoms. The summed E-state index contributed by atoms with van der Waals surface area (Å²) in [6.07, 6.45) is 1.70. The smallest absolute Gasteiger partial charge is 0.263 e. The molecule has 1 amide bonds. The second kappa shape index (κ2) is 6.64. The molecule has 0 N–H and O–H groups in total. The van der Waals surface area contributed by atoms with Gasteiger partial charge in [-0.15, -0.1) is 0 Å². The Morgan fingerprint density at radius 3 is 2.60 bits per heavy atom. The zero-order valence-electron chi connectivity index (χ0n) is 12.5. The molecule has 4 nitrogen and oxygen atoms in total. The van der Waals surface area contributed by atoms with Gasteiger partial charge in [0.25, 0.3) is 5.91 Å². The number of rotatable bonds is 4. The molecule has 4 heteroatoms. The maximum absolute atomic E-state index is 12.3. The fourth-order valence-electron chi connectivity index (χ4n) is 2.42. The summed E-state index contributed by atoms with van der Waals surface area (Å²) in [6.45, 7) is 5.72. The van der Waals surface area contributed by atoms with Crippen LogP contribution in [0.15, 0.2) is 24.3 Å². The summed E-state index contributed by atoms with van der Waals surface area (Å²) in [4.78, 5) is 14.2. The van der Waals surface area contributed by atoms with Gasteiger partial charge in [-0.1, -0.05) is 13.0 Å². The van der Waals surface area contributed by atoms with Crippen molar-refractivity contribution < 1.29 is 14.3 Å². The summed E-state index contributed by atoms with van der Waals surface area (Å²) in [7, 11) is 1.61. The predicted molar refractivity (Wildman–Crippen MR) is 78.1 cm³/mol. The van der Waals surface area contributed by atoms with Gasteiger partial charge < -0.3 is 14.4 Å². The Balaban J connectivity index is 1.93. The SMILES string of the molecule is COc1cccc(O[C@@H](C)C(=O)N2CCC(C)CC2)c1. The number of hydrogen-bond acceptors (Lipinski definition) is 3. The lowest BCUT2D eigenvalue weighted by Crippen LogP contribution is -2.44. The predicted octanol–water partition coefficient (Wildman–Crippen LogP) is 2.72. The van der Waals surface area contributed by atoms with Crippen LogP contribution < -0.4 is 9.47 Å². The largest absolute Gasteiger partial charge is 0.497 e. The molecule has 1 aliphatic rings. The van der Waals surface area contributed by atoms with Crippen molar-refractivity contribution in [1.29, 1.82) is 0 Å². The van der Waals surface area contributed by atoms with Crippen LogP contribution in [0.2, 0.25) is 0 Å². The highest BCUT2D eigenvalue weighted by atomic mass is 16.5. The summed E-state index contributed by atoms with van der Waals surface area (Å²) >= 11 is 0. The lowest BCUT2D eigenvalue weighted by molar-refractivity contribution is -0.139. The van der Waals surface area contributed by atoms with E-state index >= 15 is 0 Å². The maximum atomic E-state index is 12.3. The molecule has 0 bridgehead atoms. The first-order valence-electron chi connectivity index (χ1n) is 7.19. The van der Waals surface area contributed by atoms with Gasteiger partial charge in [-0.25, -0.2) is 0 Å². The fourth-order valence-corrected chi connectivity index (χ4v) is 2.42. The summed E-state index contributed by atoms with van der Waals surface area (Å²) in [5.41, 5.74) is 0. The quantitative estimate of drug-likeness (QED) is 0.849. The molecule has 1 atom stereocenters. The lowest BCUT2D eigenvalue weighted by atomic mass is 9.99. The number of likely N-dealkylation sites (tertiary alicyclic amines) is 1. The molecule has 1 fully saturated rings. The van der Waals surface area contributed by atoms with Gasteiger partial charge in [0, 0.05) is 19.2 Å². The number of ether oxygens (including phenoxy) is 2. The summed E-state index contributed by atoms with van der Waals surface area (Å²) < 4.78 is 10.9. The van der Waals surface area contributed by atoms with Gasteiger partial charge in [-0.3, -0.25) is 4.79 Å². The third kappa shape index (κ3) is 3.65. The molecule has 1 heterocycles. The Morgan fingerprint density at radius 1 is 1.30 bits per heavy atom. The Bertz CT molecular complexity index is 453. The minimum absolute atomic E-state index is 0.0692. The van der Waals surface area contributed by atoms with Crippen LogP contribution in [0.4, 0.5) is 0 Å². The van der Waals surface area contributed by atoms with Crippen LogP contribution in [0.25, 0.3) is 0 Å². The summed E-state index contributed by atoms with van der Waals surface area (Å²) in [6, 6.07) is 7.34. The van der Waals surface area contributed by atoms with Gasteiger partial charge >= 0.3 is 0 Å². The average molecular weight is 277 g/mol. The zero-order valence-corrected chi connectivity index (χ0v) is 12.5. The van der Waals surface area contributed by atoms with E-state index in [1.807, 2.05) is 23.1 Å². The van der Waals surface area contributed by atoms with Crippen LogP contribution in [0.5, 0.6) is 11.5 Å². The molecule has 0 unspecified atom stereocenters. The molecule has 0 saturated carbocycles. The van der Waals surface area contributed by atoms with Gasteiger partial charge in [0.05, 0.1) is 7.11 Å². The molecule has 2 rings (SSSR count). The molecule has 110 valence electrons. The van der Waals surface area contributed by atoms with Crippen molar-refractivity contribution in [3.8, 4) is 11.5 Å². The highest BCUT2D eigenvalue weighted by molar-refractivity contribution is 5.81. The molecule has 0 aromatic heterocycles. The lowest BCUT2D eigenvalue weighted by Gasteiger charge is -2.32. The fraction of sp³-hybridized carbons (Fsp3) is 0.562. The number of piperidine rings is 1. The van der Waals surface area contributed by atoms with Gasteiger partial charge in [0.1, 0.15) is 11.5 Å². The van der Waals surface area contributed by atoms with Crippen molar-refractivity contribution in [3.63, 3.8) is 0 Å².